The zero-order chi connectivity index (χ0) is 11.8. The van der Waals surface area contributed by atoms with Crippen LogP contribution in [0, 0.1) is 0 Å². The minimum atomic E-state index is 0.208. The third kappa shape index (κ3) is 4.87. The lowest BCUT2D eigenvalue weighted by Crippen LogP contribution is -2.08. The van der Waals surface area contributed by atoms with E-state index in [1.807, 2.05) is 0 Å². The number of thioether (sulfide) groups is 1. The summed E-state index contributed by atoms with van der Waals surface area (Å²) in [5.74, 6) is 2.66. The van der Waals surface area contributed by atoms with Crippen molar-refractivity contribution in [1.29, 1.82) is 0 Å². The second kappa shape index (κ2) is 7.54. The van der Waals surface area contributed by atoms with E-state index in [9.17, 15) is 0 Å². The van der Waals surface area contributed by atoms with Crippen molar-refractivity contribution in [3.63, 3.8) is 0 Å². The Morgan fingerprint density at radius 2 is 2.31 bits per heavy atom. The molecule has 0 bridgehead atoms. The first-order valence-electron chi connectivity index (χ1n) is 4.94. The zero-order valence-electron chi connectivity index (χ0n) is 8.82. The Labute approximate surface area is 104 Å². The summed E-state index contributed by atoms with van der Waals surface area (Å²) in [4.78, 5) is 7.75. The molecule has 90 valence electrons. The summed E-state index contributed by atoms with van der Waals surface area (Å²) in [6.45, 7) is 1.00. The van der Waals surface area contributed by atoms with Crippen molar-refractivity contribution >= 4 is 35.1 Å². The van der Waals surface area contributed by atoms with Crippen LogP contribution in [-0.2, 0) is 0 Å². The number of nitrogens with zero attached hydrogens (tertiary/aromatic N) is 2. The number of hydrogen-bond donors (Lipinski definition) is 3. The lowest BCUT2D eigenvalue weighted by atomic mass is 10.5. The van der Waals surface area contributed by atoms with Crippen LogP contribution in [-0.4, -0.2) is 39.7 Å². The van der Waals surface area contributed by atoms with Gasteiger partial charge in [-0.1, -0.05) is 11.6 Å². The minimum absolute atomic E-state index is 0.208. The smallest absolute Gasteiger partial charge is 0.222 e. The van der Waals surface area contributed by atoms with Crippen molar-refractivity contribution < 1.29 is 5.11 Å². The van der Waals surface area contributed by atoms with E-state index in [1.165, 1.54) is 6.20 Å². The molecule has 0 aliphatic heterocycles. The van der Waals surface area contributed by atoms with Gasteiger partial charge in [-0.3, -0.25) is 0 Å². The second-order valence-electron chi connectivity index (χ2n) is 3.04. The van der Waals surface area contributed by atoms with Gasteiger partial charge in [0.15, 0.2) is 5.82 Å². The van der Waals surface area contributed by atoms with Gasteiger partial charge in [-0.25, -0.2) is 4.98 Å². The predicted molar refractivity (Wildman–Crippen MR) is 69.0 cm³/mol. The number of nitrogens with one attached hydrogen (secondary N) is 1. The van der Waals surface area contributed by atoms with Gasteiger partial charge >= 0.3 is 0 Å². The number of nitrogen functional groups attached to an aromatic ring is 1. The number of halogens is 1. The van der Waals surface area contributed by atoms with Gasteiger partial charge in [-0.05, 0) is 12.2 Å². The number of aliphatic hydroxyl groups is 1. The number of anilines is 2. The predicted octanol–water partition coefficient (Wildman–Crippen LogP) is 1.24. The van der Waals surface area contributed by atoms with Gasteiger partial charge < -0.3 is 16.2 Å². The average Bonchev–Trinajstić information content (AvgIpc) is 2.28. The van der Waals surface area contributed by atoms with Crippen molar-refractivity contribution in [3.05, 3.63) is 11.2 Å². The Balaban J connectivity index is 2.23. The Bertz CT molecular complexity index is 326. The first-order valence-corrected chi connectivity index (χ1v) is 6.48. The highest BCUT2D eigenvalue weighted by Crippen LogP contribution is 2.18. The van der Waals surface area contributed by atoms with Crippen LogP contribution in [0.15, 0.2) is 6.20 Å². The van der Waals surface area contributed by atoms with Crippen LogP contribution >= 0.6 is 23.4 Å². The van der Waals surface area contributed by atoms with E-state index in [1.54, 1.807) is 11.8 Å². The van der Waals surface area contributed by atoms with Gasteiger partial charge in [0.2, 0.25) is 5.95 Å². The molecule has 5 nitrogen and oxygen atoms in total. The molecule has 16 heavy (non-hydrogen) atoms. The fraction of sp³-hybridized carbons (Fsp3) is 0.556. The molecular weight excluding hydrogens is 248 g/mol. The van der Waals surface area contributed by atoms with Crippen molar-refractivity contribution in [2.45, 2.75) is 6.42 Å². The number of aliphatic hydroxyl groups excluding tert-OH is 1. The van der Waals surface area contributed by atoms with E-state index < -0.39 is 0 Å². The van der Waals surface area contributed by atoms with Gasteiger partial charge in [-0.15, -0.1) is 0 Å². The normalized spacial score (nSPS) is 10.4. The largest absolute Gasteiger partial charge is 0.396 e. The third-order valence-electron chi connectivity index (χ3n) is 1.75. The van der Waals surface area contributed by atoms with Crippen LogP contribution in [0.2, 0.25) is 5.02 Å². The molecule has 0 spiro atoms. The standard InChI is InChI=1S/C9H15ClN4OS/c10-7-6-13-9(11)14-8(7)12-2-5-16-4-1-3-15/h6,15H,1-5H2,(H3,11,12,13,14). The van der Waals surface area contributed by atoms with E-state index in [0.717, 1.165) is 24.5 Å². The van der Waals surface area contributed by atoms with Crippen LogP contribution in [0.25, 0.3) is 0 Å². The van der Waals surface area contributed by atoms with Crippen LogP contribution in [0.5, 0.6) is 0 Å². The molecule has 0 unspecified atom stereocenters. The molecule has 0 saturated carbocycles. The summed E-state index contributed by atoms with van der Waals surface area (Å²) in [6, 6.07) is 0. The summed E-state index contributed by atoms with van der Waals surface area (Å²) in [6.07, 6.45) is 2.30. The molecule has 0 radical (unpaired) electrons. The molecule has 1 heterocycles. The molecule has 0 aliphatic rings. The highest BCUT2D eigenvalue weighted by Gasteiger charge is 2.02. The summed E-state index contributed by atoms with van der Waals surface area (Å²) >= 11 is 7.64. The molecule has 0 aromatic carbocycles. The molecule has 0 aliphatic carbocycles. The highest BCUT2D eigenvalue weighted by molar-refractivity contribution is 7.99. The van der Waals surface area contributed by atoms with Gasteiger partial charge in [0.1, 0.15) is 5.02 Å². The molecule has 0 saturated heterocycles. The summed E-state index contributed by atoms with van der Waals surface area (Å²) in [5.41, 5.74) is 5.44. The topological polar surface area (TPSA) is 84.1 Å². The van der Waals surface area contributed by atoms with E-state index in [-0.39, 0.29) is 12.6 Å². The Hall–Kier alpha value is -0.720. The number of nitrogens with two attached hydrogens (primary N) is 1. The first kappa shape index (κ1) is 13.3. The quantitative estimate of drug-likeness (QED) is 0.641. The summed E-state index contributed by atoms with van der Waals surface area (Å²) < 4.78 is 0. The van der Waals surface area contributed by atoms with E-state index in [2.05, 4.69) is 15.3 Å². The maximum Gasteiger partial charge on any atom is 0.222 e. The molecular formula is C9H15ClN4OS. The average molecular weight is 263 g/mol. The third-order valence-corrected chi connectivity index (χ3v) is 3.10. The number of aromatic nitrogens is 2. The lowest BCUT2D eigenvalue weighted by molar-refractivity contribution is 0.296. The second-order valence-corrected chi connectivity index (χ2v) is 4.67. The molecule has 1 aromatic heterocycles. The minimum Gasteiger partial charge on any atom is -0.396 e. The molecule has 0 amide bonds. The maximum atomic E-state index is 8.59. The highest BCUT2D eigenvalue weighted by atomic mass is 35.5. The van der Waals surface area contributed by atoms with Gasteiger partial charge in [0, 0.05) is 18.9 Å². The van der Waals surface area contributed by atoms with Crippen molar-refractivity contribution in [1.82, 2.24) is 9.97 Å². The van der Waals surface area contributed by atoms with Crippen LogP contribution < -0.4 is 11.1 Å². The SMILES string of the molecule is Nc1ncc(Cl)c(NCCSCCCO)n1. The number of rotatable bonds is 7. The Morgan fingerprint density at radius 3 is 3.06 bits per heavy atom. The fourth-order valence-electron chi connectivity index (χ4n) is 1.02. The summed E-state index contributed by atoms with van der Waals surface area (Å²) in [7, 11) is 0. The Kier molecular flexibility index (Phi) is 6.29. The zero-order valence-corrected chi connectivity index (χ0v) is 10.4. The Morgan fingerprint density at radius 1 is 1.50 bits per heavy atom. The number of hydrogen-bond acceptors (Lipinski definition) is 6. The summed E-state index contributed by atoms with van der Waals surface area (Å²) in [5, 5.41) is 12.1. The van der Waals surface area contributed by atoms with Crippen molar-refractivity contribution in [3.8, 4) is 0 Å². The molecule has 1 aromatic rings. The van der Waals surface area contributed by atoms with Crippen molar-refractivity contribution in [2.24, 2.45) is 0 Å². The molecule has 4 N–H and O–H groups in total. The van der Waals surface area contributed by atoms with E-state index >= 15 is 0 Å². The molecule has 0 atom stereocenters. The van der Waals surface area contributed by atoms with E-state index in [4.69, 9.17) is 22.4 Å². The fourth-order valence-corrected chi connectivity index (χ4v) is 1.96. The van der Waals surface area contributed by atoms with Gasteiger partial charge in [-0.2, -0.15) is 16.7 Å². The maximum absolute atomic E-state index is 8.59. The molecule has 0 fully saturated rings. The molecule has 1 rings (SSSR count). The monoisotopic (exact) mass is 262 g/mol. The van der Waals surface area contributed by atoms with Crippen LogP contribution in [0.3, 0.4) is 0 Å². The van der Waals surface area contributed by atoms with Crippen molar-refractivity contribution in [2.75, 3.05) is 35.7 Å². The molecule has 7 heteroatoms. The lowest BCUT2D eigenvalue weighted by Gasteiger charge is -2.06. The first-order chi connectivity index (χ1) is 7.74. The van der Waals surface area contributed by atoms with Crippen LogP contribution in [0.4, 0.5) is 11.8 Å². The van der Waals surface area contributed by atoms with Crippen LogP contribution in [0.1, 0.15) is 6.42 Å². The van der Waals surface area contributed by atoms with Gasteiger partial charge in [0.25, 0.3) is 0 Å². The van der Waals surface area contributed by atoms with Gasteiger partial charge in [0.05, 0.1) is 6.20 Å². The van der Waals surface area contributed by atoms with E-state index in [0.29, 0.717) is 10.8 Å².